The molecule has 0 spiro atoms. The van der Waals surface area contributed by atoms with E-state index in [0.717, 1.165) is 11.8 Å². The molecule has 0 fully saturated rings. The Morgan fingerprint density at radius 1 is 1.56 bits per heavy atom. The second-order valence-electron chi connectivity index (χ2n) is 0.971. The number of hydrogen-bond acceptors (Lipinski definition) is 3. The topological polar surface area (TPSA) is 26.3 Å². The molecule has 2 nitrogen and oxygen atoms in total. The van der Waals surface area contributed by atoms with E-state index in [0.29, 0.717) is 6.47 Å². The molecule has 0 atom stereocenters. The highest BCUT2D eigenvalue weighted by molar-refractivity contribution is 8.04. The summed E-state index contributed by atoms with van der Waals surface area (Å²) in [5.41, 5.74) is 0. The Kier molecular flexibility index (Phi) is 4.84. The monoisotopic (exact) mass is 208 g/mol. The molecule has 0 N–H and O–H groups in total. The predicted octanol–water partition coefficient (Wildman–Crippen LogP) is 2.18. The third-order valence-electron chi connectivity index (χ3n) is 0.359. The minimum Gasteiger partial charge on any atom is -0.457 e. The zero-order valence-corrected chi connectivity index (χ0v) is 7.23. The lowest BCUT2D eigenvalue weighted by Gasteiger charge is -2.07. The van der Waals surface area contributed by atoms with Crippen LogP contribution >= 0.6 is 46.6 Å². The van der Waals surface area contributed by atoms with Crippen LogP contribution in [0.2, 0.25) is 0 Å². The van der Waals surface area contributed by atoms with Crippen molar-refractivity contribution < 1.29 is 9.53 Å². The van der Waals surface area contributed by atoms with Crippen LogP contribution in [-0.2, 0) is 9.53 Å². The van der Waals surface area contributed by atoms with E-state index < -0.39 is 3.12 Å². The lowest BCUT2D eigenvalue weighted by Crippen LogP contribution is -1.97. The first-order valence-electron chi connectivity index (χ1n) is 1.82. The van der Waals surface area contributed by atoms with Crippen molar-refractivity contribution >= 4 is 53.0 Å². The van der Waals surface area contributed by atoms with Crippen LogP contribution in [-0.4, -0.2) is 15.5 Å². The van der Waals surface area contributed by atoms with Crippen LogP contribution in [0.5, 0.6) is 0 Å². The van der Waals surface area contributed by atoms with E-state index in [1.807, 2.05) is 0 Å². The molecule has 0 aliphatic carbocycles. The van der Waals surface area contributed by atoms with Crippen LogP contribution < -0.4 is 0 Å². The number of thioether (sulfide) groups is 1. The first-order valence-corrected chi connectivity index (χ1v) is 3.94. The van der Waals surface area contributed by atoms with Crippen molar-refractivity contribution in [2.24, 2.45) is 0 Å². The fourth-order valence-electron chi connectivity index (χ4n) is 0.129. The highest BCUT2D eigenvalue weighted by Crippen LogP contribution is 2.38. The van der Waals surface area contributed by atoms with Crippen LogP contribution in [0.4, 0.5) is 0 Å². The van der Waals surface area contributed by atoms with Gasteiger partial charge in [-0.2, -0.15) is 0 Å². The average molecular weight is 209 g/mol. The second kappa shape index (κ2) is 4.50. The van der Waals surface area contributed by atoms with Gasteiger partial charge in [0.05, 0.1) is 0 Å². The van der Waals surface area contributed by atoms with Crippen LogP contribution in [0.1, 0.15) is 0 Å². The molecule has 0 aliphatic heterocycles. The normalized spacial score (nSPS) is 11.0. The fraction of sp³-hybridized carbons (Fsp3) is 0.667. The van der Waals surface area contributed by atoms with E-state index in [1.165, 1.54) is 0 Å². The maximum atomic E-state index is 9.53. The van der Waals surface area contributed by atoms with Gasteiger partial charge in [-0.05, 0) is 0 Å². The minimum atomic E-state index is -1.40. The van der Waals surface area contributed by atoms with E-state index >= 15 is 0 Å². The van der Waals surface area contributed by atoms with Gasteiger partial charge in [-0.25, -0.2) is 0 Å². The molecule has 0 heterocycles. The molecule has 6 heteroatoms. The van der Waals surface area contributed by atoms with Gasteiger partial charge in [0.15, 0.2) is 0 Å². The minimum absolute atomic E-state index is 0.0556. The van der Waals surface area contributed by atoms with Gasteiger partial charge >= 0.3 is 0 Å². The molecule has 0 amide bonds. The van der Waals surface area contributed by atoms with E-state index in [2.05, 4.69) is 4.74 Å². The smallest absolute Gasteiger partial charge is 0.293 e. The summed E-state index contributed by atoms with van der Waals surface area (Å²) in [5.74, 6) is 0.0556. The molecular formula is C3H3Cl3O2S. The summed E-state index contributed by atoms with van der Waals surface area (Å²) in [4.78, 5) is 9.53. The van der Waals surface area contributed by atoms with E-state index in [4.69, 9.17) is 34.8 Å². The van der Waals surface area contributed by atoms with E-state index in [9.17, 15) is 4.79 Å². The molecule has 54 valence electrons. The van der Waals surface area contributed by atoms with Crippen molar-refractivity contribution in [3.63, 3.8) is 0 Å². The van der Waals surface area contributed by atoms with Gasteiger partial charge in [-0.3, -0.25) is 4.79 Å². The molecule has 0 aromatic carbocycles. The molecule has 0 radical (unpaired) electrons. The zero-order chi connectivity index (χ0) is 7.33. The summed E-state index contributed by atoms with van der Waals surface area (Å²) in [5, 5.41) is 0. The average Bonchev–Trinajstić information content (AvgIpc) is 1.63. The molecule has 0 aromatic heterocycles. The van der Waals surface area contributed by atoms with Crippen LogP contribution in [0, 0.1) is 0 Å². The third-order valence-corrected chi connectivity index (χ3v) is 1.92. The maximum Gasteiger partial charge on any atom is 0.293 e. The van der Waals surface area contributed by atoms with Gasteiger partial charge in [-0.15, -0.1) is 0 Å². The maximum absolute atomic E-state index is 9.53. The molecule has 9 heavy (non-hydrogen) atoms. The van der Waals surface area contributed by atoms with Gasteiger partial charge < -0.3 is 4.74 Å². The molecule has 0 saturated carbocycles. The molecule has 0 unspecified atom stereocenters. The highest BCUT2D eigenvalue weighted by Gasteiger charge is 2.19. The lowest BCUT2D eigenvalue weighted by atomic mass is 11.5. The van der Waals surface area contributed by atoms with Crippen LogP contribution in [0.25, 0.3) is 0 Å². The predicted molar refractivity (Wildman–Crippen MR) is 39.9 cm³/mol. The Morgan fingerprint density at radius 2 is 2.11 bits per heavy atom. The van der Waals surface area contributed by atoms with E-state index in [1.54, 1.807) is 0 Å². The summed E-state index contributed by atoms with van der Waals surface area (Å²) < 4.78 is 2.84. The standard InChI is InChI=1S/C3H3Cl3O2S/c4-3(5,6)9-2-8-1-7/h1H,2H2. The van der Waals surface area contributed by atoms with Crippen molar-refractivity contribution in [3.8, 4) is 0 Å². The molecule has 0 bridgehead atoms. The van der Waals surface area contributed by atoms with Crippen molar-refractivity contribution in [2.45, 2.75) is 3.12 Å². The summed E-state index contributed by atoms with van der Waals surface area (Å²) in [7, 11) is 0. The summed E-state index contributed by atoms with van der Waals surface area (Å²) >= 11 is 16.7. The van der Waals surface area contributed by atoms with Gasteiger partial charge in [-0.1, -0.05) is 46.6 Å². The Morgan fingerprint density at radius 3 is 2.44 bits per heavy atom. The van der Waals surface area contributed by atoms with Crippen molar-refractivity contribution in [1.82, 2.24) is 0 Å². The Balaban J connectivity index is 3.17. The first kappa shape index (κ1) is 9.69. The molecule has 0 aromatic rings. The number of alkyl halides is 3. The summed E-state index contributed by atoms with van der Waals surface area (Å²) in [6, 6.07) is 0. The van der Waals surface area contributed by atoms with Crippen molar-refractivity contribution in [1.29, 1.82) is 0 Å². The van der Waals surface area contributed by atoms with E-state index in [-0.39, 0.29) is 5.94 Å². The quantitative estimate of drug-likeness (QED) is 0.308. The van der Waals surface area contributed by atoms with Gasteiger partial charge in [0, 0.05) is 0 Å². The Hall–Kier alpha value is 0.690. The summed E-state index contributed by atoms with van der Waals surface area (Å²) in [6.07, 6.45) is 0. The largest absolute Gasteiger partial charge is 0.457 e. The number of rotatable bonds is 3. The van der Waals surface area contributed by atoms with Gasteiger partial charge in [0.25, 0.3) is 6.47 Å². The number of halogens is 3. The Bertz CT molecular complexity index is 91.5. The number of carbonyl (C=O) groups is 1. The third kappa shape index (κ3) is 8.69. The molecule has 0 rings (SSSR count). The summed E-state index contributed by atoms with van der Waals surface area (Å²) in [6.45, 7) is 0.295. The molecule has 0 aliphatic rings. The van der Waals surface area contributed by atoms with Crippen molar-refractivity contribution in [3.05, 3.63) is 0 Å². The van der Waals surface area contributed by atoms with Crippen LogP contribution in [0.15, 0.2) is 0 Å². The number of ether oxygens (including phenoxy) is 1. The van der Waals surface area contributed by atoms with Gasteiger partial charge in [0.1, 0.15) is 5.94 Å². The Labute approximate surface area is 71.8 Å². The lowest BCUT2D eigenvalue weighted by molar-refractivity contribution is -0.126. The second-order valence-corrected chi connectivity index (χ2v) is 5.06. The van der Waals surface area contributed by atoms with Crippen LogP contribution in [0.3, 0.4) is 0 Å². The number of carbonyl (C=O) groups excluding carboxylic acids is 1. The highest BCUT2D eigenvalue weighted by atomic mass is 35.6. The van der Waals surface area contributed by atoms with Gasteiger partial charge in [0.2, 0.25) is 3.12 Å². The molecule has 0 saturated heterocycles. The van der Waals surface area contributed by atoms with Crippen molar-refractivity contribution in [2.75, 3.05) is 5.94 Å². The zero-order valence-electron chi connectivity index (χ0n) is 4.14. The fourth-order valence-corrected chi connectivity index (χ4v) is 0.787. The molecular weight excluding hydrogens is 206 g/mol. The number of hydrogen-bond donors (Lipinski definition) is 0. The first-order chi connectivity index (χ1) is 4.06. The SMILES string of the molecule is O=COCSC(Cl)(Cl)Cl.